The fourth-order valence-electron chi connectivity index (χ4n) is 3.17. The number of rotatable bonds is 7. The molecule has 8 nitrogen and oxygen atoms in total. The number of fused-ring (bicyclic) bond motifs is 1. The predicted molar refractivity (Wildman–Crippen MR) is 94.9 cm³/mol. The highest BCUT2D eigenvalue weighted by Crippen LogP contribution is 2.48. The van der Waals surface area contributed by atoms with Gasteiger partial charge in [0.2, 0.25) is 0 Å². The highest BCUT2D eigenvalue weighted by atomic mass is 16.5. The average molecular weight is 369 g/mol. The van der Waals surface area contributed by atoms with Crippen LogP contribution in [0.2, 0.25) is 0 Å². The molecule has 1 aliphatic rings. The van der Waals surface area contributed by atoms with E-state index in [1.165, 1.54) is 0 Å². The number of aryl methyl sites for hydroxylation is 1. The SMILES string of the molecule is COC(=O)C(=[N+]=[N-])C(=O)C1(C(=O)OCCc2cn(C)c3ccccc23)CC1. The van der Waals surface area contributed by atoms with Crippen molar-refractivity contribution in [3.05, 3.63) is 41.6 Å². The van der Waals surface area contributed by atoms with Gasteiger partial charge in [0.25, 0.3) is 5.78 Å². The Balaban J connectivity index is 1.66. The van der Waals surface area contributed by atoms with Crippen molar-refractivity contribution in [2.24, 2.45) is 12.5 Å². The van der Waals surface area contributed by atoms with Crippen molar-refractivity contribution in [2.45, 2.75) is 19.3 Å². The maximum atomic E-state index is 12.4. The molecule has 1 aliphatic carbocycles. The molecule has 0 aliphatic heterocycles. The Hall–Kier alpha value is -3.25. The van der Waals surface area contributed by atoms with Gasteiger partial charge in [-0.15, -0.1) is 0 Å². The van der Waals surface area contributed by atoms with Crippen LogP contribution in [0.15, 0.2) is 30.5 Å². The quantitative estimate of drug-likeness (QED) is 0.241. The van der Waals surface area contributed by atoms with Gasteiger partial charge in [-0.1, -0.05) is 18.2 Å². The lowest BCUT2D eigenvalue weighted by Gasteiger charge is -2.11. The van der Waals surface area contributed by atoms with Crippen LogP contribution in [0, 0.1) is 5.41 Å². The molecule has 8 heteroatoms. The summed E-state index contributed by atoms with van der Waals surface area (Å²) in [6, 6.07) is 7.90. The van der Waals surface area contributed by atoms with Crippen LogP contribution in [-0.4, -0.2) is 46.5 Å². The fourth-order valence-corrected chi connectivity index (χ4v) is 3.17. The third-order valence-electron chi connectivity index (χ3n) is 4.85. The minimum atomic E-state index is -1.45. The van der Waals surface area contributed by atoms with Crippen molar-refractivity contribution < 1.29 is 28.6 Å². The van der Waals surface area contributed by atoms with Crippen LogP contribution in [-0.2, 0) is 37.3 Å². The molecule has 1 heterocycles. The number of methoxy groups -OCH3 is 1. The van der Waals surface area contributed by atoms with Crippen LogP contribution in [0.4, 0.5) is 0 Å². The molecule has 0 amide bonds. The molecular formula is C19H19N3O5. The van der Waals surface area contributed by atoms with Crippen LogP contribution in [0.25, 0.3) is 16.4 Å². The predicted octanol–water partition coefficient (Wildman–Crippen LogP) is 1.46. The van der Waals surface area contributed by atoms with E-state index in [1.54, 1.807) is 0 Å². The number of aromatic nitrogens is 1. The summed E-state index contributed by atoms with van der Waals surface area (Å²) in [5.41, 5.74) is 8.78. The number of hydrogen-bond acceptors (Lipinski definition) is 5. The summed E-state index contributed by atoms with van der Waals surface area (Å²) in [4.78, 5) is 39.1. The second kappa shape index (κ2) is 7.17. The molecule has 0 saturated heterocycles. The molecule has 1 aromatic heterocycles. The van der Waals surface area contributed by atoms with E-state index >= 15 is 0 Å². The van der Waals surface area contributed by atoms with Crippen LogP contribution < -0.4 is 0 Å². The van der Waals surface area contributed by atoms with E-state index in [1.807, 2.05) is 42.1 Å². The second-order valence-electron chi connectivity index (χ2n) is 6.52. The highest BCUT2D eigenvalue weighted by Gasteiger charge is 2.62. The molecule has 0 bridgehead atoms. The first-order chi connectivity index (χ1) is 12.9. The van der Waals surface area contributed by atoms with E-state index in [0.29, 0.717) is 6.42 Å². The molecular weight excluding hydrogens is 350 g/mol. The number of carbonyl (C=O) groups excluding carboxylic acids is 3. The Bertz CT molecular complexity index is 980. The Labute approximate surface area is 155 Å². The number of para-hydroxylation sites is 1. The van der Waals surface area contributed by atoms with Gasteiger partial charge in [0.05, 0.1) is 13.7 Å². The molecule has 140 valence electrons. The van der Waals surface area contributed by atoms with E-state index in [9.17, 15) is 14.4 Å². The zero-order valence-corrected chi connectivity index (χ0v) is 15.1. The molecule has 0 N–H and O–H groups in total. The Morgan fingerprint density at radius 2 is 1.96 bits per heavy atom. The molecule has 0 unspecified atom stereocenters. The Kier molecular flexibility index (Phi) is 4.92. The smallest absolute Gasteiger partial charge is 0.442 e. The lowest BCUT2D eigenvalue weighted by molar-refractivity contribution is -0.154. The van der Waals surface area contributed by atoms with E-state index < -0.39 is 28.8 Å². The van der Waals surface area contributed by atoms with E-state index in [2.05, 4.69) is 9.53 Å². The number of nitrogens with zero attached hydrogens (tertiary/aromatic N) is 3. The monoisotopic (exact) mass is 369 g/mol. The molecule has 2 aromatic rings. The van der Waals surface area contributed by atoms with Crippen molar-refractivity contribution >= 4 is 34.3 Å². The van der Waals surface area contributed by atoms with Gasteiger partial charge < -0.3 is 19.6 Å². The van der Waals surface area contributed by atoms with Crippen molar-refractivity contribution in [1.29, 1.82) is 0 Å². The van der Waals surface area contributed by atoms with Crippen molar-refractivity contribution in [3.63, 3.8) is 0 Å². The van der Waals surface area contributed by atoms with Gasteiger partial charge in [-0.25, -0.2) is 4.79 Å². The van der Waals surface area contributed by atoms with Gasteiger partial charge in [-0.3, -0.25) is 9.59 Å². The average Bonchev–Trinajstić information content (AvgIpc) is 3.43. The lowest BCUT2D eigenvalue weighted by atomic mass is 9.97. The zero-order valence-electron chi connectivity index (χ0n) is 15.1. The second-order valence-corrected chi connectivity index (χ2v) is 6.52. The standard InChI is InChI=1S/C19H19N3O5/c1-22-11-12(13-5-3-4-6-14(13)22)7-10-27-18(25)19(8-9-19)16(23)15(21-20)17(24)26-2/h3-6,11H,7-10H2,1-2H3. The number of hydrogen-bond donors (Lipinski definition) is 0. The summed E-state index contributed by atoms with van der Waals surface area (Å²) >= 11 is 0. The largest absolute Gasteiger partial charge is 0.465 e. The molecule has 1 saturated carbocycles. The molecule has 1 aromatic carbocycles. The third kappa shape index (κ3) is 3.27. The van der Waals surface area contributed by atoms with E-state index in [0.717, 1.165) is 23.6 Å². The molecule has 27 heavy (non-hydrogen) atoms. The number of Topliss-reactive ketones (excluding diaryl/α,β-unsaturated/α-hetero) is 1. The summed E-state index contributed by atoms with van der Waals surface area (Å²) in [6.45, 7) is 0.103. The zero-order chi connectivity index (χ0) is 19.6. The molecule has 0 atom stereocenters. The topological polar surface area (TPSA) is 111 Å². The number of esters is 2. The van der Waals surface area contributed by atoms with Crippen LogP contribution in [0.5, 0.6) is 0 Å². The summed E-state index contributed by atoms with van der Waals surface area (Å²) in [5.74, 6) is -2.66. The lowest BCUT2D eigenvalue weighted by Crippen LogP contribution is -2.38. The van der Waals surface area contributed by atoms with Gasteiger partial charge in [0.15, 0.2) is 0 Å². The minimum Gasteiger partial charge on any atom is -0.465 e. The highest BCUT2D eigenvalue weighted by molar-refractivity contribution is 6.65. The van der Waals surface area contributed by atoms with Crippen molar-refractivity contribution in [2.75, 3.05) is 13.7 Å². The van der Waals surface area contributed by atoms with Crippen LogP contribution in [0.3, 0.4) is 0 Å². The number of carbonyl (C=O) groups is 3. The maximum absolute atomic E-state index is 12.4. The molecule has 1 fully saturated rings. The summed E-state index contributed by atoms with van der Waals surface area (Å²) in [5, 5.41) is 1.08. The first-order valence-electron chi connectivity index (χ1n) is 8.50. The van der Waals surface area contributed by atoms with Crippen LogP contribution >= 0.6 is 0 Å². The van der Waals surface area contributed by atoms with Crippen molar-refractivity contribution in [3.8, 4) is 0 Å². The molecule has 3 rings (SSSR count). The van der Waals surface area contributed by atoms with E-state index in [4.69, 9.17) is 10.3 Å². The molecule has 0 radical (unpaired) electrons. The first kappa shape index (κ1) is 18.5. The van der Waals surface area contributed by atoms with Gasteiger partial charge in [-0.2, -0.15) is 4.79 Å². The first-order valence-corrected chi connectivity index (χ1v) is 8.50. The van der Waals surface area contributed by atoms with Crippen LogP contribution in [0.1, 0.15) is 18.4 Å². The van der Waals surface area contributed by atoms with Gasteiger partial charge >= 0.3 is 17.7 Å². The van der Waals surface area contributed by atoms with Gasteiger partial charge in [-0.05, 0) is 24.5 Å². The third-order valence-corrected chi connectivity index (χ3v) is 4.85. The van der Waals surface area contributed by atoms with Gasteiger partial charge in [0.1, 0.15) is 5.41 Å². The van der Waals surface area contributed by atoms with E-state index in [-0.39, 0.29) is 19.4 Å². The van der Waals surface area contributed by atoms with Gasteiger partial charge in [0, 0.05) is 30.6 Å². The maximum Gasteiger partial charge on any atom is 0.442 e. The normalized spacial score (nSPS) is 14.3. The number of benzene rings is 1. The summed E-state index contributed by atoms with van der Waals surface area (Å²) in [7, 11) is 3.00. The number of ketones is 1. The minimum absolute atomic E-state index is 0.103. The summed E-state index contributed by atoms with van der Waals surface area (Å²) in [6.07, 6.45) is 2.96. The summed E-state index contributed by atoms with van der Waals surface area (Å²) < 4.78 is 11.7. The van der Waals surface area contributed by atoms with Crippen molar-refractivity contribution in [1.82, 2.24) is 4.57 Å². The Morgan fingerprint density at radius 1 is 1.26 bits per heavy atom. The fraction of sp³-hybridized carbons (Fsp3) is 0.368. The molecule has 0 spiro atoms. The Morgan fingerprint density at radius 3 is 2.59 bits per heavy atom. The number of ether oxygens (including phenoxy) is 2.